The van der Waals surface area contributed by atoms with Gasteiger partial charge in [0.2, 0.25) is 5.95 Å². The molecule has 116 valence electrons. The molecule has 1 heterocycles. The quantitative estimate of drug-likeness (QED) is 0.761. The van der Waals surface area contributed by atoms with Crippen LogP contribution in [0.5, 0.6) is 0 Å². The lowest BCUT2D eigenvalue weighted by Crippen LogP contribution is -2.13. The van der Waals surface area contributed by atoms with Crippen LogP contribution in [0.15, 0.2) is 35.1 Å². The van der Waals surface area contributed by atoms with Crippen LogP contribution in [0.4, 0.5) is 11.6 Å². The largest absolute Gasteiger partial charge is 0.354 e. The highest BCUT2D eigenvalue weighted by Gasteiger charge is 2.08. The molecule has 1 aromatic heterocycles. The molecule has 1 amide bonds. The number of benzene rings is 1. The van der Waals surface area contributed by atoms with Crippen LogP contribution in [-0.2, 0) is 0 Å². The highest BCUT2D eigenvalue weighted by Crippen LogP contribution is 2.20. The first-order valence-electron chi connectivity index (χ1n) is 7.23. The number of halogens is 1. The molecule has 0 aliphatic carbocycles. The first kappa shape index (κ1) is 16.4. The maximum atomic E-state index is 12.2. The molecule has 0 radical (unpaired) electrons. The minimum atomic E-state index is -0.221. The van der Waals surface area contributed by atoms with Crippen LogP contribution in [0.2, 0.25) is 0 Å². The molecule has 6 heteroatoms. The summed E-state index contributed by atoms with van der Waals surface area (Å²) >= 11 is 3.43. The smallest absolute Gasteiger partial charge is 0.258 e. The average molecular weight is 363 g/mol. The van der Waals surface area contributed by atoms with Gasteiger partial charge >= 0.3 is 0 Å². The first-order chi connectivity index (χ1) is 10.6. The Morgan fingerprint density at radius 2 is 2.00 bits per heavy atom. The SMILES string of the molecule is CCCCNc1ncc(C(=O)Nc2ccc(Br)c(C)c2)cn1. The summed E-state index contributed by atoms with van der Waals surface area (Å²) in [5.41, 5.74) is 2.24. The highest BCUT2D eigenvalue weighted by atomic mass is 79.9. The predicted octanol–water partition coefficient (Wildman–Crippen LogP) is 4.01. The van der Waals surface area contributed by atoms with Crippen molar-refractivity contribution in [2.45, 2.75) is 26.7 Å². The predicted molar refractivity (Wildman–Crippen MR) is 92.3 cm³/mol. The third-order valence-electron chi connectivity index (χ3n) is 3.14. The van der Waals surface area contributed by atoms with Crippen LogP contribution < -0.4 is 10.6 Å². The van der Waals surface area contributed by atoms with Crippen LogP contribution in [-0.4, -0.2) is 22.4 Å². The van der Waals surface area contributed by atoms with Crippen LogP contribution in [0.1, 0.15) is 35.7 Å². The molecular weight excluding hydrogens is 344 g/mol. The molecule has 0 aliphatic rings. The van der Waals surface area contributed by atoms with Crippen molar-refractivity contribution in [1.29, 1.82) is 0 Å². The molecule has 0 aliphatic heterocycles. The van der Waals surface area contributed by atoms with Gasteiger partial charge in [-0.05, 0) is 37.1 Å². The summed E-state index contributed by atoms with van der Waals surface area (Å²) in [6, 6.07) is 5.65. The standard InChI is InChI=1S/C16H19BrN4O/c1-3-4-7-18-16-19-9-12(10-20-16)15(22)21-13-5-6-14(17)11(2)8-13/h5-6,8-10H,3-4,7H2,1-2H3,(H,21,22)(H,18,19,20). The van der Waals surface area contributed by atoms with Gasteiger partial charge in [0.25, 0.3) is 5.91 Å². The average Bonchev–Trinajstić information content (AvgIpc) is 2.52. The van der Waals surface area contributed by atoms with E-state index in [1.54, 1.807) is 0 Å². The zero-order valence-corrected chi connectivity index (χ0v) is 14.3. The van der Waals surface area contributed by atoms with Crippen molar-refractivity contribution in [3.63, 3.8) is 0 Å². The number of rotatable bonds is 6. The van der Waals surface area contributed by atoms with Crippen molar-refractivity contribution >= 4 is 33.5 Å². The second-order valence-corrected chi connectivity index (χ2v) is 5.85. The molecule has 0 atom stereocenters. The van der Waals surface area contributed by atoms with Crippen LogP contribution in [0.3, 0.4) is 0 Å². The number of unbranched alkanes of at least 4 members (excludes halogenated alkanes) is 1. The molecule has 0 fully saturated rings. The Balaban J connectivity index is 1.98. The number of hydrogen-bond donors (Lipinski definition) is 2. The molecule has 2 aromatic rings. The van der Waals surface area contributed by atoms with Crippen LogP contribution in [0, 0.1) is 6.92 Å². The van der Waals surface area contributed by atoms with Gasteiger partial charge in [-0.25, -0.2) is 9.97 Å². The Kier molecular flexibility index (Phi) is 5.89. The molecule has 0 spiro atoms. The van der Waals surface area contributed by atoms with Crippen molar-refractivity contribution in [3.05, 3.63) is 46.2 Å². The fourth-order valence-corrected chi connectivity index (χ4v) is 2.09. The van der Waals surface area contributed by atoms with E-state index in [4.69, 9.17) is 0 Å². The normalized spacial score (nSPS) is 10.3. The minimum Gasteiger partial charge on any atom is -0.354 e. The van der Waals surface area contributed by atoms with E-state index in [2.05, 4.69) is 43.5 Å². The van der Waals surface area contributed by atoms with Gasteiger partial charge in [-0.3, -0.25) is 4.79 Å². The minimum absolute atomic E-state index is 0.221. The molecule has 0 saturated carbocycles. The monoisotopic (exact) mass is 362 g/mol. The molecule has 5 nitrogen and oxygen atoms in total. The van der Waals surface area contributed by atoms with E-state index in [9.17, 15) is 4.79 Å². The van der Waals surface area contributed by atoms with Crippen molar-refractivity contribution in [2.24, 2.45) is 0 Å². The lowest BCUT2D eigenvalue weighted by Gasteiger charge is -2.07. The number of aromatic nitrogens is 2. The number of nitrogens with zero attached hydrogens (tertiary/aromatic N) is 2. The zero-order valence-electron chi connectivity index (χ0n) is 12.7. The molecule has 0 unspecified atom stereocenters. The van der Waals surface area contributed by atoms with Crippen LogP contribution in [0.25, 0.3) is 0 Å². The topological polar surface area (TPSA) is 66.9 Å². The second-order valence-electron chi connectivity index (χ2n) is 4.99. The molecule has 0 saturated heterocycles. The fourth-order valence-electron chi connectivity index (χ4n) is 1.84. The van der Waals surface area contributed by atoms with Gasteiger partial charge in [0.15, 0.2) is 0 Å². The Bertz CT molecular complexity index is 643. The van der Waals surface area contributed by atoms with Gasteiger partial charge in [0.1, 0.15) is 0 Å². The van der Waals surface area contributed by atoms with E-state index in [0.29, 0.717) is 11.5 Å². The lowest BCUT2D eigenvalue weighted by atomic mass is 10.2. The van der Waals surface area contributed by atoms with Crippen LogP contribution >= 0.6 is 15.9 Å². The number of aryl methyl sites for hydroxylation is 1. The van der Waals surface area contributed by atoms with Gasteiger partial charge in [-0.2, -0.15) is 0 Å². The number of anilines is 2. The summed E-state index contributed by atoms with van der Waals surface area (Å²) < 4.78 is 1.01. The third-order valence-corrected chi connectivity index (χ3v) is 4.03. The molecule has 1 aromatic carbocycles. The Labute approximate surface area is 138 Å². The Morgan fingerprint density at radius 3 is 2.64 bits per heavy atom. The third kappa shape index (κ3) is 4.53. The summed E-state index contributed by atoms with van der Waals surface area (Å²) in [6.45, 7) is 4.93. The number of hydrogen-bond acceptors (Lipinski definition) is 4. The van der Waals surface area contributed by atoms with E-state index in [1.807, 2.05) is 25.1 Å². The second kappa shape index (κ2) is 7.89. The molecule has 22 heavy (non-hydrogen) atoms. The summed E-state index contributed by atoms with van der Waals surface area (Å²) in [6.07, 6.45) is 5.24. The van der Waals surface area contributed by atoms with Crippen molar-refractivity contribution in [1.82, 2.24) is 9.97 Å². The van der Waals surface area contributed by atoms with Crippen molar-refractivity contribution in [3.8, 4) is 0 Å². The maximum Gasteiger partial charge on any atom is 0.258 e. The Hall–Kier alpha value is -1.95. The molecule has 2 N–H and O–H groups in total. The Morgan fingerprint density at radius 1 is 1.27 bits per heavy atom. The first-order valence-corrected chi connectivity index (χ1v) is 8.03. The molecule has 0 bridgehead atoms. The zero-order chi connectivity index (χ0) is 15.9. The van der Waals surface area contributed by atoms with E-state index in [-0.39, 0.29) is 5.91 Å². The summed E-state index contributed by atoms with van der Waals surface area (Å²) in [4.78, 5) is 20.5. The maximum absolute atomic E-state index is 12.2. The molecular formula is C16H19BrN4O. The highest BCUT2D eigenvalue weighted by molar-refractivity contribution is 9.10. The number of carbonyl (C=O) groups excluding carboxylic acids is 1. The van der Waals surface area contributed by atoms with E-state index in [0.717, 1.165) is 35.1 Å². The lowest BCUT2D eigenvalue weighted by molar-refractivity contribution is 0.102. The van der Waals surface area contributed by atoms with Crippen molar-refractivity contribution in [2.75, 3.05) is 17.2 Å². The van der Waals surface area contributed by atoms with Gasteiger partial charge in [0, 0.05) is 29.1 Å². The van der Waals surface area contributed by atoms with Gasteiger partial charge < -0.3 is 10.6 Å². The van der Waals surface area contributed by atoms with E-state index in [1.165, 1.54) is 12.4 Å². The molecule has 2 rings (SSSR count). The number of nitrogens with one attached hydrogen (secondary N) is 2. The summed E-state index contributed by atoms with van der Waals surface area (Å²) in [7, 11) is 0. The van der Waals surface area contributed by atoms with E-state index < -0.39 is 0 Å². The van der Waals surface area contributed by atoms with E-state index >= 15 is 0 Å². The number of amides is 1. The summed E-state index contributed by atoms with van der Waals surface area (Å²) in [5.74, 6) is 0.325. The fraction of sp³-hybridized carbons (Fsp3) is 0.312. The van der Waals surface area contributed by atoms with Gasteiger partial charge in [-0.15, -0.1) is 0 Å². The van der Waals surface area contributed by atoms with Gasteiger partial charge in [0.05, 0.1) is 5.56 Å². The number of carbonyl (C=O) groups is 1. The summed E-state index contributed by atoms with van der Waals surface area (Å²) in [5, 5.41) is 5.95. The van der Waals surface area contributed by atoms with Crippen molar-refractivity contribution < 1.29 is 4.79 Å². The van der Waals surface area contributed by atoms with Gasteiger partial charge in [-0.1, -0.05) is 29.3 Å².